The number of rotatable bonds is 3. The third-order valence-corrected chi connectivity index (χ3v) is 4.15. The molecule has 0 amide bonds. The molecule has 0 atom stereocenters. The first-order valence-electron chi connectivity index (χ1n) is 5.93. The number of nitriles is 1. The third kappa shape index (κ3) is 2.50. The van der Waals surface area contributed by atoms with Gasteiger partial charge in [0.1, 0.15) is 6.07 Å². The van der Waals surface area contributed by atoms with Crippen molar-refractivity contribution in [3.05, 3.63) is 44.8 Å². The number of benzene rings is 1. The number of nitrogens with two attached hydrogens (primary N) is 1. The second-order valence-corrected chi connectivity index (χ2v) is 5.30. The minimum absolute atomic E-state index is 0.00845. The summed E-state index contributed by atoms with van der Waals surface area (Å²) in [6.45, 7) is 0. The van der Waals surface area contributed by atoms with Gasteiger partial charge < -0.3 is 20.1 Å². The largest absolute Gasteiger partial charge is 0.478 e. The number of carboxylic acids is 1. The van der Waals surface area contributed by atoms with E-state index in [1.165, 1.54) is 23.9 Å². The van der Waals surface area contributed by atoms with Gasteiger partial charge in [0.25, 0.3) is 0 Å². The molecule has 0 saturated carbocycles. The van der Waals surface area contributed by atoms with Gasteiger partial charge in [0, 0.05) is 6.20 Å². The molecule has 0 aliphatic rings. The summed E-state index contributed by atoms with van der Waals surface area (Å²) in [5, 5.41) is 18.3. The topological polar surface area (TPSA) is 118 Å². The van der Waals surface area contributed by atoms with Crippen LogP contribution in [0.2, 0.25) is 0 Å². The average Bonchev–Trinajstić information content (AvgIpc) is 2.83. The van der Waals surface area contributed by atoms with Gasteiger partial charge in [-0.25, -0.2) is 9.59 Å². The second-order valence-electron chi connectivity index (χ2n) is 4.22. The minimum atomic E-state index is -1.09. The normalized spacial score (nSPS) is 10.0. The van der Waals surface area contributed by atoms with Crippen LogP contribution in [0.1, 0.15) is 26.4 Å². The van der Waals surface area contributed by atoms with Crippen molar-refractivity contribution in [3.8, 4) is 11.8 Å². The molecule has 0 unspecified atom stereocenters. The molecular formula is C14H10IN3O4. The Morgan fingerprint density at radius 2 is 2.14 bits per heavy atom. The maximum Gasteiger partial charge on any atom is 0.357 e. The van der Waals surface area contributed by atoms with E-state index >= 15 is 0 Å². The van der Waals surface area contributed by atoms with Crippen LogP contribution >= 0.6 is 22.6 Å². The van der Waals surface area contributed by atoms with Gasteiger partial charge in [-0.1, -0.05) is 6.07 Å². The van der Waals surface area contributed by atoms with Crippen LogP contribution in [0.25, 0.3) is 5.69 Å². The van der Waals surface area contributed by atoms with Crippen molar-refractivity contribution in [2.45, 2.75) is 0 Å². The number of halogens is 1. The maximum atomic E-state index is 11.9. The molecule has 0 radical (unpaired) electrons. The Labute approximate surface area is 139 Å². The van der Waals surface area contributed by atoms with E-state index in [1.807, 2.05) is 28.7 Å². The highest BCUT2D eigenvalue weighted by molar-refractivity contribution is 14.1. The highest BCUT2D eigenvalue weighted by atomic mass is 127. The molecule has 112 valence electrons. The fourth-order valence-corrected chi connectivity index (χ4v) is 2.83. The molecular weight excluding hydrogens is 401 g/mol. The van der Waals surface area contributed by atoms with Crippen molar-refractivity contribution < 1.29 is 19.4 Å². The van der Waals surface area contributed by atoms with E-state index in [0.717, 1.165) is 0 Å². The molecule has 1 aromatic heterocycles. The lowest BCUT2D eigenvalue weighted by Crippen LogP contribution is -2.13. The molecule has 0 bridgehead atoms. The lowest BCUT2D eigenvalue weighted by atomic mass is 10.2. The molecule has 22 heavy (non-hydrogen) atoms. The van der Waals surface area contributed by atoms with Gasteiger partial charge in [0.15, 0.2) is 5.69 Å². The van der Waals surface area contributed by atoms with Crippen LogP contribution in [0.4, 0.5) is 5.69 Å². The Kier molecular flexibility index (Phi) is 4.37. The minimum Gasteiger partial charge on any atom is -0.478 e. The summed E-state index contributed by atoms with van der Waals surface area (Å²) in [6, 6.07) is 6.51. The van der Waals surface area contributed by atoms with E-state index in [-0.39, 0.29) is 22.5 Å². The summed E-state index contributed by atoms with van der Waals surface area (Å²) >= 11 is 1.87. The Hall–Kier alpha value is -2.54. The SMILES string of the molecule is COC(=O)c1c(N)c(C#N)cn1-c1cccc(C(=O)O)c1I. The first-order chi connectivity index (χ1) is 10.4. The molecule has 0 aliphatic heterocycles. The molecule has 1 heterocycles. The number of methoxy groups -OCH3 is 1. The van der Waals surface area contributed by atoms with Crippen LogP contribution in [0.3, 0.4) is 0 Å². The van der Waals surface area contributed by atoms with Crippen molar-refractivity contribution in [2.75, 3.05) is 12.8 Å². The van der Waals surface area contributed by atoms with E-state index in [0.29, 0.717) is 9.26 Å². The molecule has 7 nitrogen and oxygen atoms in total. The van der Waals surface area contributed by atoms with Gasteiger partial charge in [-0.15, -0.1) is 0 Å². The van der Waals surface area contributed by atoms with Crippen LogP contribution in [-0.2, 0) is 4.74 Å². The number of ether oxygens (including phenoxy) is 1. The average molecular weight is 411 g/mol. The van der Waals surface area contributed by atoms with Crippen LogP contribution in [0.15, 0.2) is 24.4 Å². The fraction of sp³-hybridized carbons (Fsp3) is 0.0714. The first kappa shape index (κ1) is 15.8. The Bertz CT molecular complexity index is 820. The number of esters is 1. The van der Waals surface area contributed by atoms with Crippen molar-refractivity contribution in [1.82, 2.24) is 4.57 Å². The Balaban J connectivity index is 2.79. The fourth-order valence-electron chi connectivity index (χ4n) is 1.98. The molecule has 2 aromatic rings. The van der Waals surface area contributed by atoms with Gasteiger partial charge in [0.2, 0.25) is 0 Å². The molecule has 8 heteroatoms. The molecule has 3 N–H and O–H groups in total. The highest BCUT2D eigenvalue weighted by Gasteiger charge is 2.23. The maximum absolute atomic E-state index is 11.9. The van der Waals surface area contributed by atoms with Gasteiger partial charge in [0.05, 0.1) is 33.2 Å². The van der Waals surface area contributed by atoms with Crippen molar-refractivity contribution in [3.63, 3.8) is 0 Å². The zero-order chi connectivity index (χ0) is 16.4. The van der Waals surface area contributed by atoms with E-state index in [1.54, 1.807) is 12.1 Å². The third-order valence-electron chi connectivity index (χ3n) is 3.01. The van der Waals surface area contributed by atoms with Crippen molar-refractivity contribution >= 4 is 40.2 Å². The highest BCUT2D eigenvalue weighted by Crippen LogP contribution is 2.28. The zero-order valence-corrected chi connectivity index (χ0v) is 13.5. The quantitative estimate of drug-likeness (QED) is 0.590. The second kappa shape index (κ2) is 6.07. The number of aromatic nitrogens is 1. The number of aromatic carboxylic acids is 1. The number of carboxylic acid groups (broad SMARTS) is 1. The number of hydrogen-bond acceptors (Lipinski definition) is 5. The summed E-state index contributed by atoms with van der Waals surface area (Å²) in [7, 11) is 1.20. The van der Waals surface area contributed by atoms with E-state index in [2.05, 4.69) is 4.74 Å². The zero-order valence-electron chi connectivity index (χ0n) is 11.3. The van der Waals surface area contributed by atoms with Gasteiger partial charge in [-0.3, -0.25) is 0 Å². The lowest BCUT2D eigenvalue weighted by molar-refractivity contribution is 0.0592. The molecule has 1 aromatic carbocycles. The van der Waals surface area contributed by atoms with Crippen LogP contribution < -0.4 is 5.73 Å². The standard InChI is InChI=1S/C14H10IN3O4/c1-22-14(21)12-11(17)7(5-16)6-18(12)9-4-2-3-8(10(9)15)13(19)20/h2-4,6H,17H2,1H3,(H,19,20). The predicted octanol–water partition coefficient (Wildman–Crippen LogP) is 2.02. The molecule has 0 saturated heterocycles. The van der Waals surface area contributed by atoms with E-state index < -0.39 is 11.9 Å². The van der Waals surface area contributed by atoms with Gasteiger partial charge in [-0.2, -0.15) is 5.26 Å². The summed E-state index contributed by atoms with van der Waals surface area (Å²) in [5.41, 5.74) is 6.41. The smallest absolute Gasteiger partial charge is 0.357 e. The lowest BCUT2D eigenvalue weighted by Gasteiger charge is -2.11. The van der Waals surface area contributed by atoms with Crippen LogP contribution in [0, 0.1) is 14.9 Å². The number of carbonyl (C=O) groups excluding carboxylic acids is 1. The molecule has 0 aliphatic carbocycles. The van der Waals surface area contributed by atoms with Crippen molar-refractivity contribution in [1.29, 1.82) is 5.26 Å². The van der Waals surface area contributed by atoms with Crippen LogP contribution in [-0.4, -0.2) is 28.7 Å². The number of nitrogens with zero attached hydrogens (tertiary/aromatic N) is 2. The molecule has 0 fully saturated rings. The Morgan fingerprint density at radius 1 is 1.45 bits per heavy atom. The van der Waals surface area contributed by atoms with Crippen molar-refractivity contribution in [2.24, 2.45) is 0 Å². The molecule has 0 spiro atoms. The first-order valence-corrected chi connectivity index (χ1v) is 7.01. The summed E-state index contributed by atoms with van der Waals surface area (Å²) < 4.78 is 6.47. The Morgan fingerprint density at radius 3 is 2.68 bits per heavy atom. The summed E-state index contributed by atoms with van der Waals surface area (Å²) in [4.78, 5) is 23.2. The number of carbonyl (C=O) groups is 2. The number of nitrogen functional groups attached to an aromatic ring is 1. The summed E-state index contributed by atoms with van der Waals surface area (Å²) in [6.07, 6.45) is 1.38. The van der Waals surface area contributed by atoms with Gasteiger partial charge >= 0.3 is 11.9 Å². The van der Waals surface area contributed by atoms with E-state index in [9.17, 15) is 14.7 Å². The number of hydrogen-bond donors (Lipinski definition) is 2. The monoisotopic (exact) mass is 411 g/mol. The van der Waals surface area contributed by atoms with E-state index in [4.69, 9.17) is 11.0 Å². The summed E-state index contributed by atoms with van der Waals surface area (Å²) in [5.74, 6) is -1.80. The van der Waals surface area contributed by atoms with Gasteiger partial charge in [-0.05, 0) is 34.7 Å². The number of anilines is 1. The molecule has 2 rings (SSSR count). The predicted molar refractivity (Wildman–Crippen MR) is 85.9 cm³/mol. The van der Waals surface area contributed by atoms with Crippen LogP contribution in [0.5, 0.6) is 0 Å².